The molecular weight excluding hydrogens is 402 g/mol. The van der Waals surface area contributed by atoms with Crippen molar-refractivity contribution < 1.29 is 14.3 Å². The third kappa shape index (κ3) is 7.46. The molecule has 0 aliphatic carbocycles. The van der Waals surface area contributed by atoms with Crippen LogP contribution in [0.25, 0.3) is 0 Å². The van der Waals surface area contributed by atoms with Crippen LogP contribution in [0.5, 0.6) is 0 Å². The predicted molar refractivity (Wildman–Crippen MR) is 127 cm³/mol. The summed E-state index contributed by atoms with van der Waals surface area (Å²) >= 11 is 0. The van der Waals surface area contributed by atoms with Gasteiger partial charge in [-0.05, 0) is 75.9 Å². The molecule has 1 saturated heterocycles. The molecule has 0 aromatic heterocycles. The second kappa shape index (κ2) is 12.4. The molecule has 2 atom stereocenters. The Kier molecular flexibility index (Phi) is 9.26. The lowest BCUT2D eigenvalue weighted by atomic mass is 10.0. The fourth-order valence-electron chi connectivity index (χ4n) is 4.04. The van der Waals surface area contributed by atoms with Gasteiger partial charge in [0.15, 0.2) is 0 Å². The van der Waals surface area contributed by atoms with Crippen LogP contribution < -0.4 is 10.6 Å². The number of hydrogen-bond donors (Lipinski definition) is 2. The van der Waals surface area contributed by atoms with Crippen LogP contribution in [0, 0.1) is 0 Å². The smallest absolute Gasteiger partial charge is 0.323 e. The molecule has 2 aromatic carbocycles. The summed E-state index contributed by atoms with van der Waals surface area (Å²) in [6.07, 6.45) is 3.80. The van der Waals surface area contributed by atoms with Crippen LogP contribution in [0.3, 0.4) is 0 Å². The normalized spacial score (nSPS) is 15.8. The first-order valence-electron chi connectivity index (χ1n) is 11.6. The molecule has 1 fully saturated rings. The van der Waals surface area contributed by atoms with E-state index in [9.17, 15) is 9.59 Å². The van der Waals surface area contributed by atoms with Crippen molar-refractivity contribution in [3.63, 3.8) is 0 Å². The van der Waals surface area contributed by atoms with E-state index in [1.54, 1.807) is 13.8 Å². The van der Waals surface area contributed by atoms with Crippen LogP contribution in [0.4, 0.5) is 5.69 Å². The molecule has 0 saturated carbocycles. The Morgan fingerprint density at radius 2 is 1.75 bits per heavy atom. The van der Waals surface area contributed by atoms with Gasteiger partial charge in [-0.3, -0.25) is 19.8 Å². The Morgan fingerprint density at radius 1 is 1.03 bits per heavy atom. The van der Waals surface area contributed by atoms with Crippen molar-refractivity contribution in [2.45, 2.75) is 58.2 Å². The van der Waals surface area contributed by atoms with Crippen molar-refractivity contribution in [1.82, 2.24) is 10.2 Å². The van der Waals surface area contributed by atoms with E-state index < -0.39 is 12.1 Å². The molecule has 32 heavy (non-hydrogen) atoms. The molecule has 2 N–H and O–H groups in total. The molecule has 0 bridgehead atoms. The minimum atomic E-state index is -0.544. The van der Waals surface area contributed by atoms with Gasteiger partial charge in [-0.15, -0.1) is 0 Å². The SMILES string of the molecule is CCOC(=O)[C@@H](CCc1ccccc1)N[C@H](C)C(=O)Nc1cccc(CN2CCCC2)c1. The van der Waals surface area contributed by atoms with E-state index in [0.29, 0.717) is 13.0 Å². The third-order valence-electron chi connectivity index (χ3n) is 5.78. The van der Waals surface area contributed by atoms with Gasteiger partial charge in [0, 0.05) is 12.2 Å². The van der Waals surface area contributed by atoms with Crippen LogP contribution in [-0.4, -0.2) is 48.6 Å². The van der Waals surface area contributed by atoms with E-state index in [1.807, 2.05) is 48.5 Å². The van der Waals surface area contributed by atoms with Crippen LogP contribution in [0.2, 0.25) is 0 Å². The standard InChI is InChI=1S/C26H35N3O3/c1-3-32-26(31)24(15-14-21-10-5-4-6-11-21)27-20(2)25(30)28-23-13-9-12-22(18-23)19-29-16-7-8-17-29/h4-6,9-13,18,20,24,27H,3,7-8,14-17,19H2,1-2H3,(H,28,30)/t20-,24-/m1/s1. The van der Waals surface area contributed by atoms with E-state index in [0.717, 1.165) is 37.3 Å². The van der Waals surface area contributed by atoms with Crippen molar-refractivity contribution in [3.8, 4) is 0 Å². The molecule has 3 rings (SSSR count). The van der Waals surface area contributed by atoms with Crippen molar-refractivity contribution in [1.29, 1.82) is 0 Å². The number of anilines is 1. The number of esters is 1. The van der Waals surface area contributed by atoms with Gasteiger partial charge in [-0.1, -0.05) is 42.5 Å². The number of carbonyl (C=O) groups is 2. The molecule has 0 unspecified atom stereocenters. The summed E-state index contributed by atoms with van der Waals surface area (Å²) < 4.78 is 5.23. The number of amides is 1. The molecule has 1 amide bonds. The second-order valence-corrected chi connectivity index (χ2v) is 8.39. The molecule has 6 heteroatoms. The molecule has 6 nitrogen and oxygen atoms in total. The largest absolute Gasteiger partial charge is 0.465 e. The molecule has 1 heterocycles. The summed E-state index contributed by atoms with van der Waals surface area (Å²) in [4.78, 5) is 27.7. The highest BCUT2D eigenvalue weighted by Gasteiger charge is 2.24. The lowest BCUT2D eigenvalue weighted by molar-refractivity contribution is -0.146. The average molecular weight is 438 g/mol. The first kappa shape index (κ1) is 24.0. The lowest BCUT2D eigenvalue weighted by Crippen LogP contribution is -2.48. The quantitative estimate of drug-likeness (QED) is 0.524. The molecule has 172 valence electrons. The van der Waals surface area contributed by atoms with Crippen molar-refractivity contribution in [2.24, 2.45) is 0 Å². The van der Waals surface area contributed by atoms with Gasteiger partial charge in [0.2, 0.25) is 5.91 Å². The number of benzene rings is 2. The molecule has 2 aromatic rings. The van der Waals surface area contributed by atoms with E-state index in [2.05, 4.69) is 21.6 Å². The Balaban J connectivity index is 1.56. The maximum absolute atomic E-state index is 12.8. The minimum Gasteiger partial charge on any atom is -0.465 e. The van der Waals surface area contributed by atoms with E-state index in [-0.39, 0.29) is 11.9 Å². The Hall–Kier alpha value is -2.70. The van der Waals surface area contributed by atoms with Crippen LogP contribution >= 0.6 is 0 Å². The zero-order chi connectivity index (χ0) is 22.8. The van der Waals surface area contributed by atoms with Gasteiger partial charge >= 0.3 is 5.97 Å². The Labute approximate surface area is 191 Å². The first-order chi connectivity index (χ1) is 15.5. The van der Waals surface area contributed by atoms with Gasteiger partial charge in [0.25, 0.3) is 0 Å². The van der Waals surface area contributed by atoms with Crippen molar-refractivity contribution in [2.75, 3.05) is 25.0 Å². The summed E-state index contributed by atoms with van der Waals surface area (Å²) in [7, 11) is 0. The van der Waals surface area contributed by atoms with Gasteiger partial charge in [0.1, 0.15) is 6.04 Å². The molecule has 0 spiro atoms. The van der Waals surface area contributed by atoms with Crippen molar-refractivity contribution >= 4 is 17.6 Å². The number of aryl methyl sites for hydroxylation is 1. The zero-order valence-electron chi connectivity index (χ0n) is 19.2. The zero-order valence-corrected chi connectivity index (χ0v) is 19.2. The van der Waals surface area contributed by atoms with Gasteiger partial charge < -0.3 is 10.1 Å². The Bertz CT molecular complexity index is 866. The summed E-state index contributed by atoms with van der Waals surface area (Å²) in [6, 6.07) is 16.9. The molecule has 0 radical (unpaired) electrons. The Morgan fingerprint density at radius 3 is 2.47 bits per heavy atom. The summed E-state index contributed by atoms with van der Waals surface area (Å²) in [5.41, 5.74) is 3.12. The van der Waals surface area contributed by atoms with Crippen LogP contribution in [0.15, 0.2) is 54.6 Å². The molecular formula is C26H35N3O3. The van der Waals surface area contributed by atoms with E-state index >= 15 is 0 Å². The maximum Gasteiger partial charge on any atom is 0.323 e. The number of nitrogens with one attached hydrogen (secondary N) is 2. The average Bonchev–Trinajstić information content (AvgIpc) is 3.30. The fourth-order valence-corrected chi connectivity index (χ4v) is 4.04. The molecule has 1 aliphatic rings. The number of nitrogens with zero attached hydrogens (tertiary/aromatic N) is 1. The summed E-state index contributed by atoms with van der Waals surface area (Å²) in [6.45, 7) is 7.05. The number of ether oxygens (including phenoxy) is 1. The van der Waals surface area contributed by atoms with Crippen molar-refractivity contribution in [3.05, 3.63) is 65.7 Å². The molecule has 1 aliphatic heterocycles. The predicted octanol–water partition coefficient (Wildman–Crippen LogP) is 3.76. The van der Waals surface area contributed by atoms with E-state index in [1.165, 1.54) is 18.4 Å². The topological polar surface area (TPSA) is 70.7 Å². The van der Waals surface area contributed by atoms with Gasteiger partial charge in [-0.2, -0.15) is 0 Å². The number of likely N-dealkylation sites (tertiary alicyclic amines) is 1. The lowest BCUT2D eigenvalue weighted by Gasteiger charge is -2.22. The highest BCUT2D eigenvalue weighted by atomic mass is 16.5. The highest BCUT2D eigenvalue weighted by molar-refractivity contribution is 5.95. The second-order valence-electron chi connectivity index (χ2n) is 8.39. The van der Waals surface area contributed by atoms with Gasteiger partial charge in [0.05, 0.1) is 12.6 Å². The highest BCUT2D eigenvalue weighted by Crippen LogP contribution is 2.16. The van der Waals surface area contributed by atoms with Crippen LogP contribution in [-0.2, 0) is 27.3 Å². The third-order valence-corrected chi connectivity index (χ3v) is 5.78. The fraction of sp³-hybridized carbons (Fsp3) is 0.462. The first-order valence-corrected chi connectivity index (χ1v) is 11.6. The van der Waals surface area contributed by atoms with Gasteiger partial charge in [-0.25, -0.2) is 0 Å². The summed E-state index contributed by atoms with van der Waals surface area (Å²) in [5, 5.41) is 6.16. The number of hydrogen-bond acceptors (Lipinski definition) is 5. The number of carbonyl (C=O) groups excluding carboxylic acids is 2. The minimum absolute atomic E-state index is 0.169. The summed E-state index contributed by atoms with van der Waals surface area (Å²) in [5.74, 6) is -0.493. The van der Waals surface area contributed by atoms with E-state index in [4.69, 9.17) is 4.74 Å². The monoisotopic (exact) mass is 437 g/mol. The van der Waals surface area contributed by atoms with Crippen LogP contribution in [0.1, 0.15) is 44.2 Å². The number of rotatable bonds is 11. The maximum atomic E-state index is 12.8.